The smallest absolute Gasteiger partial charge is 0.222 e. The fourth-order valence-electron chi connectivity index (χ4n) is 2.67. The Labute approximate surface area is 126 Å². The lowest BCUT2D eigenvalue weighted by Crippen LogP contribution is -2.55. The predicted molar refractivity (Wildman–Crippen MR) is 81.4 cm³/mol. The van der Waals surface area contributed by atoms with Crippen molar-refractivity contribution in [2.24, 2.45) is 10.9 Å². The highest BCUT2D eigenvalue weighted by atomic mass is 16.5. The average Bonchev–Trinajstić information content (AvgIpc) is 2.52. The van der Waals surface area contributed by atoms with Gasteiger partial charge in [-0.3, -0.25) is 9.69 Å². The second-order valence-electron chi connectivity index (χ2n) is 5.34. The monoisotopic (exact) mass is 300 g/mol. The predicted octanol–water partition coefficient (Wildman–Crippen LogP) is 0.472. The molecule has 1 heterocycles. The summed E-state index contributed by atoms with van der Waals surface area (Å²) in [4.78, 5) is 16.1. The van der Waals surface area contributed by atoms with Gasteiger partial charge in [-0.05, 0) is 12.8 Å². The number of nitrogens with two attached hydrogens (primary N) is 1. The maximum atomic E-state index is 12.0. The molecule has 0 aromatic carbocycles. The van der Waals surface area contributed by atoms with Crippen LogP contribution in [0.3, 0.4) is 0 Å². The van der Waals surface area contributed by atoms with Crippen LogP contribution >= 0.6 is 0 Å². The Morgan fingerprint density at radius 2 is 2.05 bits per heavy atom. The molecule has 7 nitrogen and oxygen atoms in total. The number of hydrogen-bond acceptors (Lipinski definition) is 5. The van der Waals surface area contributed by atoms with Crippen molar-refractivity contribution in [1.82, 2.24) is 9.80 Å². The molecule has 0 saturated carbocycles. The van der Waals surface area contributed by atoms with Crippen molar-refractivity contribution in [2.75, 3.05) is 39.9 Å². The van der Waals surface area contributed by atoms with Crippen LogP contribution in [-0.4, -0.2) is 72.7 Å². The molecular weight excluding hydrogens is 272 g/mol. The van der Waals surface area contributed by atoms with Crippen molar-refractivity contribution in [3.05, 3.63) is 0 Å². The summed E-state index contributed by atoms with van der Waals surface area (Å²) in [6.45, 7) is 5.62. The number of carbonyl (C=O) groups is 1. The molecule has 0 bridgehead atoms. The molecule has 7 heteroatoms. The van der Waals surface area contributed by atoms with Gasteiger partial charge in [0.15, 0.2) is 5.84 Å². The van der Waals surface area contributed by atoms with Crippen molar-refractivity contribution in [3.63, 3.8) is 0 Å². The Kier molecular flexibility index (Phi) is 8.07. The van der Waals surface area contributed by atoms with E-state index in [1.54, 1.807) is 7.11 Å². The largest absolute Gasteiger partial charge is 0.409 e. The van der Waals surface area contributed by atoms with E-state index < -0.39 is 0 Å². The lowest BCUT2D eigenvalue weighted by atomic mass is 10.1. The van der Waals surface area contributed by atoms with Crippen LogP contribution < -0.4 is 5.73 Å². The molecule has 21 heavy (non-hydrogen) atoms. The standard InChI is InChI=1S/C14H28N4O3/c1-3-5-12(14(15)16-20)17-7-9-18(10-8-17)13(19)6-4-11-21-2/h12,20H,3-11H2,1-2H3,(H2,15,16). The minimum absolute atomic E-state index is 0.0363. The van der Waals surface area contributed by atoms with Gasteiger partial charge in [-0.15, -0.1) is 0 Å². The van der Waals surface area contributed by atoms with E-state index in [1.807, 2.05) is 4.90 Å². The second kappa shape index (κ2) is 9.57. The highest BCUT2D eigenvalue weighted by Gasteiger charge is 2.27. The Morgan fingerprint density at radius 3 is 2.57 bits per heavy atom. The van der Waals surface area contributed by atoms with Crippen molar-refractivity contribution in [3.8, 4) is 0 Å². The number of hydrogen-bond donors (Lipinski definition) is 2. The van der Waals surface area contributed by atoms with Gasteiger partial charge in [0, 0.05) is 46.3 Å². The van der Waals surface area contributed by atoms with Crippen molar-refractivity contribution < 1.29 is 14.7 Å². The highest BCUT2D eigenvalue weighted by molar-refractivity contribution is 5.85. The van der Waals surface area contributed by atoms with Crippen LogP contribution in [0.2, 0.25) is 0 Å². The molecule has 1 fully saturated rings. The van der Waals surface area contributed by atoms with E-state index in [1.165, 1.54) is 0 Å². The van der Waals surface area contributed by atoms with Crippen LogP contribution in [0.15, 0.2) is 5.16 Å². The normalized spacial score (nSPS) is 18.8. The summed E-state index contributed by atoms with van der Waals surface area (Å²) < 4.78 is 4.96. The highest BCUT2D eigenvalue weighted by Crippen LogP contribution is 2.12. The molecule has 1 aliphatic rings. The number of oxime groups is 1. The molecular formula is C14H28N4O3. The molecule has 1 unspecified atom stereocenters. The molecule has 1 atom stereocenters. The number of ether oxygens (including phenoxy) is 1. The molecule has 0 aliphatic carbocycles. The molecule has 3 N–H and O–H groups in total. The fourth-order valence-corrected chi connectivity index (χ4v) is 2.67. The molecule has 1 aliphatic heterocycles. The van der Waals surface area contributed by atoms with Gasteiger partial charge < -0.3 is 20.6 Å². The van der Waals surface area contributed by atoms with E-state index in [0.717, 1.165) is 32.4 Å². The van der Waals surface area contributed by atoms with Crippen LogP contribution in [-0.2, 0) is 9.53 Å². The summed E-state index contributed by atoms with van der Waals surface area (Å²) in [6, 6.07) is -0.0363. The van der Waals surface area contributed by atoms with E-state index in [2.05, 4.69) is 17.0 Å². The van der Waals surface area contributed by atoms with Crippen LogP contribution in [0, 0.1) is 0 Å². The van der Waals surface area contributed by atoms with Crippen LogP contribution in [0.1, 0.15) is 32.6 Å². The molecule has 1 saturated heterocycles. The third kappa shape index (κ3) is 5.51. The number of rotatable bonds is 8. The molecule has 0 spiro atoms. The Balaban J connectivity index is 2.44. The summed E-state index contributed by atoms with van der Waals surface area (Å²) in [5, 5.41) is 12.0. The fraction of sp³-hybridized carbons (Fsp3) is 0.857. The summed E-state index contributed by atoms with van der Waals surface area (Å²) in [7, 11) is 1.64. The van der Waals surface area contributed by atoms with Crippen molar-refractivity contribution >= 4 is 11.7 Å². The lowest BCUT2D eigenvalue weighted by molar-refractivity contribution is -0.133. The molecule has 0 aromatic heterocycles. The Bertz CT molecular complexity index is 341. The summed E-state index contributed by atoms with van der Waals surface area (Å²) in [6.07, 6.45) is 3.12. The molecule has 0 aromatic rings. The number of amidine groups is 1. The quantitative estimate of drug-likeness (QED) is 0.224. The van der Waals surface area contributed by atoms with Crippen LogP contribution in [0.5, 0.6) is 0 Å². The van der Waals surface area contributed by atoms with Crippen LogP contribution in [0.4, 0.5) is 0 Å². The molecule has 122 valence electrons. The summed E-state index contributed by atoms with van der Waals surface area (Å²) in [5.41, 5.74) is 5.77. The molecule has 1 rings (SSSR count). The van der Waals surface area contributed by atoms with Gasteiger partial charge in [0.05, 0.1) is 6.04 Å². The topological polar surface area (TPSA) is 91.4 Å². The first kappa shape index (κ1) is 17.7. The van der Waals surface area contributed by atoms with Crippen molar-refractivity contribution in [1.29, 1.82) is 0 Å². The van der Waals surface area contributed by atoms with Gasteiger partial charge in [-0.25, -0.2) is 0 Å². The Morgan fingerprint density at radius 1 is 1.38 bits per heavy atom. The number of carbonyl (C=O) groups excluding carboxylic acids is 1. The zero-order chi connectivity index (χ0) is 15.7. The van der Waals surface area contributed by atoms with Gasteiger partial charge >= 0.3 is 0 Å². The SMILES string of the molecule is CCCC(C(N)=NO)N1CCN(C(=O)CCCOC)CC1. The van der Waals surface area contributed by atoms with Gasteiger partial charge in [0.1, 0.15) is 0 Å². The number of methoxy groups -OCH3 is 1. The minimum atomic E-state index is -0.0363. The van der Waals surface area contributed by atoms with E-state index in [-0.39, 0.29) is 17.8 Å². The van der Waals surface area contributed by atoms with Crippen LogP contribution in [0.25, 0.3) is 0 Å². The third-order valence-corrected chi connectivity index (χ3v) is 3.87. The van der Waals surface area contributed by atoms with Crippen molar-refractivity contribution in [2.45, 2.75) is 38.6 Å². The summed E-state index contributed by atoms with van der Waals surface area (Å²) >= 11 is 0. The summed E-state index contributed by atoms with van der Waals surface area (Å²) in [5.74, 6) is 0.444. The molecule has 0 radical (unpaired) electrons. The minimum Gasteiger partial charge on any atom is -0.409 e. The van der Waals surface area contributed by atoms with Gasteiger partial charge in [0.25, 0.3) is 0 Å². The first-order valence-electron chi connectivity index (χ1n) is 7.62. The average molecular weight is 300 g/mol. The first-order valence-corrected chi connectivity index (χ1v) is 7.62. The maximum Gasteiger partial charge on any atom is 0.222 e. The number of nitrogens with zero attached hydrogens (tertiary/aromatic N) is 3. The number of amides is 1. The second-order valence-corrected chi connectivity index (χ2v) is 5.34. The van der Waals surface area contributed by atoms with Gasteiger partial charge in [0.2, 0.25) is 5.91 Å². The molecule has 1 amide bonds. The van der Waals surface area contributed by atoms with Gasteiger partial charge in [-0.2, -0.15) is 0 Å². The number of piperazine rings is 1. The Hall–Kier alpha value is -1.34. The zero-order valence-corrected chi connectivity index (χ0v) is 13.1. The van der Waals surface area contributed by atoms with E-state index in [0.29, 0.717) is 26.1 Å². The van der Waals surface area contributed by atoms with E-state index >= 15 is 0 Å². The lowest BCUT2D eigenvalue weighted by Gasteiger charge is -2.38. The third-order valence-electron chi connectivity index (χ3n) is 3.87. The van der Waals surface area contributed by atoms with E-state index in [4.69, 9.17) is 15.7 Å². The first-order chi connectivity index (χ1) is 10.1. The van der Waals surface area contributed by atoms with Gasteiger partial charge in [-0.1, -0.05) is 18.5 Å². The van der Waals surface area contributed by atoms with E-state index in [9.17, 15) is 4.79 Å². The maximum absolute atomic E-state index is 12.0. The zero-order valence-electron chi connectivity index (χ0n) is 13.1.